The Kier molecular flexibility index (Phi) is 2.31. The zero-order valence-electron chi connectivity index (χ0n) is 15.7. The molecule has 10 aliphatic rings. The van der Waals surface area contributed by atoms with Gasteiger partial charge in [-0.25, -0.2) is 0 Å². The minimum atomic E-state index is -0.208. The Morgan fingerprint density at radius 3 is 1.42 bits per heavy atom. The molecule has 6 unspecified atom stereocenters. The lowest BCUT2D eigenvalue weighted by atomic mass is 9.21. The number of hydrogen-bond acceptors (Lipinski definition) is 4. The Labute approximate surface area is 154 Å². The van der Waals surface area contributed by atoms with Crippen molar-refractivity contribution < 1.29 is 19.1 Å². The van der Waals surface area contributed by atoms with E-state index in [1.54, 1.807) is 13.8 Å². The molecule has 10 rings (SSSR count). The molecule has 26 heavy (non-hydrogen) atoms. The summed E-state index contributed by atoms with van der Waals surface area (Å²) in [6.07, 6.45) is 7.96. The van der Waals surface area contributed by atoms with Crippen LogP contribution in [-0.2, 0) is 19.1 Å². The summed E-state index contributed by atoms with van der Waals surface area (Å²) >= 11 is 0. The maximum atomic E-state index is 11.9. The summed E-state index contributed by atoms with van der Waals surface area (Å²) in [5.74, 6) is 6.23. The van der Waals surface area contributed by atoms with Crippen LogP contribution in [0.5, 0.6) is 0 Å². The average molecular weight is 356 g/mol. The summed E-state index contributed by atoms with van der Waals surface area (Å²) in [4.78, 5) is 23.9. The highest BCUT2D eigenvalue weighted by Gasteiger charge is 2.83. The molecule has 4 heteroatoms. The monoisotopic (exact) mass is 356 g/mol. The molecular formula is C22H28O4. The predicted octanol–water partition coefficient (Wildman–Crippen LogP) is 3.33. The second kappa shape index (κ2) is 4.03. The fraction of sp³-hybridized carbons (Fsp3) is 0.909. The fourth-order valence-corrected chi connectivity index (χ4v) is 11.1. The third-order valence-corrected chi connectivity index (χ3v) is 10.4. The smallest absolute Gasteiger partial charge is 0.303 e. The first-order valence-corrected chi connectivity index (χ1v) is 10.7. The molecule has 0 N–H and O–H groups in total. The normalized spacial score (nSPS) is 64.2. The van der Waals surface area contributed by atoms with Gasteiger partial charge in [-0.1, -0.05) is 0 Å². The summed E-state index contributed by atoms with van der Waals surface area (Å²) in [6.45, 7) is 3.16. The molecule has 10 fully saturated rings. The highest BCUT2D eigenvalue weighted by Crippen LogP contribution is 2.86. The molecular weight excluding hydrogens is 328 g/mol. The van der Waals surface area contributed by atoms with Gasteiger partial charge in [-0.2, -0.15) is 0 Å². The Morgan fingerprint density at radius 1 is 0.692 bits per heavy atom. The summed E-state index contributed by atoms with van der Waals surface area (Å²) in [6, 6.07) is 0. The molecule has 0 aliphatic heterocycles. The van der Waals surface area contributed by atoms with E-state index in [1.165, 1.54) is 6.42 Å². The van der Waals surface area contributed by atoms with Crippen molar-refractivity contribution >= 4 is 11.9 Å². The molecule has 0 aromatic rings. The van der Waals surface area contributed by atoms with Crippen LogP contribution >= 0.6 is 0 Å². The minimum Gasteiger partial charge on any atom is -0.459 e. The lowest BCUT2D eigenvalue weighted by Crippen LogP contribution is -2.82. The van der Waals surface area contributed by atoms with Crippen LogP contribution in [0.1, 0.15) is 58.8 Å². The number of esters is 2. The first-order chi connectivity index (χ1) is 12.4. The van der Waals surface area contributed by atoms with E-state index in [2.05, 4.69) is 0 Å². The number of hydrogen-bond donors (Lipinski definition) is 0. The number of carbonyl (C=O) groups is 2. The van der Waals surface area contributed by atoms with E-state index in [0.29, 0.717) is 0 Å². The molecule has 0 saturated heterocycles. The van der Waals surface area contributed by atoms with Crippen LogP contribution in [0, 0.1) is 52.8 Å². The van der Waals surface area contributed by atoms with Crippen molar-refractivity contribution in [3.05, 3.63) is 0 Å². The molecule has 4 nitrogen and oxygen atoms in total. The molecule has 10 saturated carbocycles. The van der Waals surface area contributed by atoms with Gasteiger partial charge in [0, 0.05) is 13.8 Å². The quantitative estimate of drug-likeness (QED) is 0.712. The Bertz CT molecular complexity index is 665. The standard InChI is InChI=1S/C22H28O4/c1-10(23)25-20-4-14-12-3-13-16-6-21(26-11(2)24)7-17(13)19(15(12)5-20)22(8-20,9-21)18(14)16/h12-19H,3-9H2,1-2H3/t12?,13?,14-,15+,16+,17-,18?,19?,20?,21?,22?. The van der Waals surface area contributed by atoms with E-state index in [9.17, 15) is 9.59 Å². The minimum absolute atomic E-state index is 0.104. The third kappa shape index (κ3) is 1.40. The largest absolute Gasteiger partial charge is 0.459 e. The molecule has 0 heterocycles. The van der Waals surface area contributed by atoms with E-state index in [4.69, 9.17) is 9.47 Å². The Morgan fingerprint density at radius 2 is 1.08 bits per heavy atom. The number of ether oxygens (including phenoxy) is 2. The van der Waals surface area contributed by atoms with Gasteiger partial charge >= 0.3 is 11.9 Å². The van der Waals surface area contributed by atoms with Crippen LogP contribution < -0.4 is 0 Å². The number of rotatable bonds is 2. The maximum absolute atomic E-state index is 11.9. The SMILES string of the molecule is CC(=O)OC12C[C@@H]3C4CC5[C@H]6CC7(OC(C)=O)C[C@@H]5C3C(C1)(C7)C6[C@H]4C2. The van der Waals surface area contributed by atoms with Crippen LogP contribution in [0.4, 0.5) is 0 Å². The van der Waals surface area contributed by atoms with Gasteiger partial charge in [0.1, 0.15) is 11.2 Å². The molecule has 0 aromatic carbocycles. The second-order valence-electron chi connectivity index (χ2n) is 11.2. The van der Waals surface area contributed by atoms with Crippen LogP contribution in [0.25, 0.3) is 0 Å². The van der Waals surface area contributed by atoms with Crippen molar-refractivity contribution in [2.75, 3.05) is 0 Å². The maximum Gasteiger partial charge on any atom is 0.303 e. The van der Waals surface area contributed by atoms with Crippen molar-refractivity contribution in [3.63, 3.8) is 0 Å². The van der Waals surface area contributed by atoms with E-state index in [1.807, 2.05) is 0 Å². The molecule has 1 spiro atoms. The van der Waals surface area contributed by atoms with Gasteiger partial charge in [0.25, 0.3) is 0 Å². The molecule has 0 aromatic heterocycles. The van der Waals surface area contributed by atoms with Gasteiger partial charge in [0.05, 0.1) is 0 Å². The summed E-state index contributed by atoms with van der Waals surface area (Å²) in [5, 5.41) is 0. The predicted molar refractivity (Wildman–Crippen MR) is 91.7 cm³/mol. The van der Waals surface area contributed by atoms with Crippen molar-refractivity contribution in [3.8, 4) is 0 Å². The third-order valence-electron chi connectivity index (χ3n) is 10.4. The summed E-state index contributed by atoms with van der Waals surface area (Å²) in [7, 11) is 0. The zero-order valence-corrected chi connectivity index (χ0v) is 15.7. The highest BCUT2D eigenvalue weighted by molar-refractivity contribution is 5.67. The van der Waals surface area contributed by atoms with Crippen LogP contribution in [0.2, 0.25) is 0 Å². The van der Waals surface area contributed by atoms with Gasteiger partial charge in [0.15, 0.2) is 0 Å². The zero-order chi connectivity index (χ0) is 17.6. The van der Waals surface area contributed by atoms with E-state index in [-0.39, 0.29) is 28.6 Å². The second-order valence-corrected chi connectivity index (χ2v) is 11.2. The number of carbonyl (C=O) groups excluding carboxylic acids is 2. The summed E-state index contributed by atoms with van der Waals surface area (Å²) < 4.78 is 12.2. The fourth-order valence-electron chi connectivity index (χ4n) is 11.1. The molecule has 0 amide bonds. The van der Waals surface area contributed by atoms with E-state index in [0.717, 1.165) is 85.9 Å². The Hall–Kier alpha value is -1.06. The lowest BCUT2D eigenvalue weighted by molar-refractivity contribution is -0.391. The van der Waals surface area contributed by atoms with Crippen molar-refractivity contribution in [1.82, 2.24) is 0 Å². The first-order valence-electron chi connectivity index (χ1n) is 10.7. The molecule has 10 aliphatic carbocycles. The van der Waals surface area contributed by atoms with E-state index >= 15 is 0 Å². The van der Waals surface area contributed by atoms with Gasteiger partial charge in [-0.3, -0.25) is 9.59 Å². The molecule has 140 valence electrons. The van der Waals surface area contributed by atoms with Crippen molar-refractivity contribution in [1.29, 1.82) is 0 Å². The van der Waals surface area contributed by atoms with Gasteiger partial charge < -0.3 is 9.47 Å². The van der Waals surface area contributed by atoms with Gasteiger partial charge in [0.2, 0.25) is 0 Å². The van der Waals surface area contributed by atoms with E-state index < -0.39 is 0 Å². The van der Waals surface area contributed by atoms with Crippen molar-refractivity contribution in [2.24, 2.45) is 52.8 Å². The summed E-state index contributed by atoms with van der Waals surface area (Å²) in [5.41, 5.74) is -0.128. The topological polar surface area (TPSA) is 52.6 Å². The van der Waals surface area contributed by atoms with Crippen LogP contribution in [-0.4, -0.2) is 23.1 Å². The molecule has 11 bridgehead atoms. The molecule has 10 atom stereocenters. The van der Waals surface area contributed by atoms with Crippen molar-refractivity contribution in [2.45, 2.75) is 70.0 Å². The average Bonchev–Trinajstić information content (AvgIpc) is 2.50. The van der Waals surface area contributed by atoms with Gasteiger partial charge in [-0.05, 0) is 97.7 Å². The van der Waals surface area contributed by atoms with Crippen LogP contribution in [0.3, 0.4) is 0 Å². The first kappa shape index (κ1) is 14.9. The van der Waals surface area contributed by atoms with Gasteiger partial charge in [-0.15, -0.1) is 0 Å². The highest BCUT2D eigenvalue weighted by atomic mass is 16.6. The molecule has 0 radical (unpaired) electrons. The lowest BCUT2D eigenvalue weighted by Gasteiger charge is -2.85. The Balaban J connectivity index is 1.40. The van der Waals surface area contributed by atoms with Crippen LogP contribution in [0.15, 0.2) is 0 Å².